The van der Waals surface area contributed by atoms with Gasteiger partial charge in [0.1, 0.15) is 0 Å². The summed E-state index contributed by atoms with van der Waals surface area (Å²) < 4.78 is 0. The third-order valence-corrected chi connectivity index (χ3v) is 3.95. The lowest BCUT2D eigenvalue weighted by molar-refractivity contribution is -0.0364. The van der Waals surface area contributed by atoms with E-state index in [-0.39, 0.29) is 4.83 Å². The van der Waals surface area contributed by atoms with Crippen LogP contribution in [-0.2, 0) is 0 Å². The molecule has 0 saturated heterocycles. The summed E-state index contributed by atoms with van der Waals surface area (Å²) in [6.45, 7) is 0. The van der Waals surface area contributed by atoms with E-state index in [2.05, 4.69) is 31.9 Å². The number of rotatable bonds is 0. The van der Waals surface area contributed by atoms with Gasteiger partial charge in [-0.3, -0.25) is 0 Å². The van der Waals surface area contributed by atoms with Crippen molar-refractivity contribution in [1.29, 1.82) is 0 Å². The lowest BCUT2D eigenvalue weighted by atomic mass is 9.92. The first-order valence-corrected chi connectivity index (χ1v) is 5.19. The topological polar surface area (TPSA) is 60.7 Å². The molecule has 66 valence electrons. The normalized spacial score (nSPS) is 52.6. The van der Waals surface area contributed by atoms with Crippen molar-refractivity contribution in [3.63, 3.8) is 0 Å². The zero-order valence-corrected chi connectivity index (χ0v) is 8.86. The second-order valence-corrected chi connectivity index (χ2v) is 4.98. The highest BCUT2D eigenvalue weighted by Gasteiger charge is 2.40. The van der Waals surface area contributed by atoms with Crippen LogP contribution in [0.25, 0.3) is 0 Å². The summed E-state index contributed by atoms with van der Waals surface area (Å²) in [4.78, 5) is -0.646. The molecule has 1 aliphatic rings. The van der Waals surface area contributed by atoms with Gasteiger partial charge in [0.25, 0.3) is 0 Å². The van der Waals surface area contributed by atoms with Gasteiger partial charge in [0.2, 0.25) is 0 Å². The van der Waals surface area contributed by atoms with Crippen molar-refractivity contribution in [2.45, 2.75) is 34.4 Å². The minimum atomic E-state index is -0.900. The van der Waals surface area contributed by atoms with E-state index in [4.69, 9.17) is 0 Å². The monoisotopic (exact) mass is 288 g/mol. The Hall–Kier alpha value is 0.840. The lowest BCUT2D eigenvalue weighted by Crippen LogP contribution is -2.51. The van der Waals surface area contributed by atoms with Gasteiger partial charge >= 0.3 is 0 Å². The number of alkyl halides is 2. The van der Waals surface area contributed by atoms with Gasteiger partial charge in [-0.15, -0.1) is 0 Å². The second-order valence-electron chi connectivity index (χ2n) is 2.74. The molecule has 1 fully saturated rings. The van der Waals surface area contributed by atoms with Crippen LogP contribution in [0.3, 0.4) is 0 Å². The average Bonchev–Trinajstić information content (AvgIpc) is 1.97. The molecule has 0 bridgehead atoms. The van der Waals surface area contributed by atoms with E-state index in [1.165, 1.54) is 0 Å². The Kier molecular flexibility index (Phi) is 3.34. The summed E-state index contributed by atoms with van der Waals surface area (Å²) >= 11 is 6.28. The molecule has 0 aliphatic heterocycles. The highest BCUT2D eigenvalue weighted by atomic mass is 79.9. The number of aliphatic hydroxyl groups excluding tert-OH is 3. The molecule has 0 aromatic carbocycles. The predicted octanol–water partition coefficient (Wildman–Crippen LogP) is -0.000200. The minimum Gasteiger partial charge on any atom is -0.392 e. The third-order valence-electron chi connectivity index (χ3n) is 1.88. The Morgan fingerprint density at radius 3 is 2.09 bits per heavy atom. The first kappa shape index (κ1) is 9.92. The molecule has 5 heteroatoms. The Labute approximate surface area is 81.7 Å². The third kappa shape index (κ3) is 1.95. The Balaban J connectivity index is 2.63. The standard InChI is InChI=1S/C6H10Br2O3/c7-2-1-3(9)4(8)6(11)5(2)10/h2-6,9-11H,1H2/t2-,3-,4+,5+,6+/m0/s1. The van der Waals surface area contributed by atoms with Gasteiger partial charge in [0.05, 0.1) is 23.1 Å². The van der Waals surface area contributed by atoms with Gasteiger partial charge in [-0.25, -0.2) is 0 Å². The molecule has 11 heavy (non-hydrogen) atoms. The van der Waals surface area contributed by atoms with E-state index in [9.17, 15) is 15.3 Å². The van der Waals surface area contributed by atoms with E-state index in [1.807, 2.05) is 0 Å². The van der Waals surface area contributed by atoms with E-state index in [1.54, 1.807) is 0 Å². The largest absolute Gasteiger partial charge is 0.392 e. The van der Waals surface area contributed by atoms with Crippen molar-refractivity contribution in [3.05, 3.63) is 0 Å². The van der Waals surface area contributed by atoms with Gasteiger partial charge in [0, 0.05) is 4.83 Å². The maximum Gasteiger partial charge on any atom is 0.0959 e. The minimum absolute atomic E-state index is 0.221. The molecular formula is C6H10Br2O3. The van der Waals surface area contributed by atoms with Crippen molar-refractivity contribution in [2.24, 2.45) is 0 Å². The first-order valence-electron chi connectivity index (χ1n) is 3.36. The highest BCUT2D eigenvalue weighted by Crippen LogP contribution is 2.29. The maximum atomic E-state index is 9.30. The van der Waals surface area contributed by atoms with Crippen LogP contribution in [0.2, 0.25) is 0 Å². The van der Waals surface area contributed by atoms with Crippen LogP contribution < -0.4 is 0 Å². The molecule has 1 aliphatic carbocycles. The number of aliphatic hydroxyl groups is 3. The molecule has 1 rings (SSSR count). The summed E-state index contributed by atoms with van der Waals surface area (Å²) in [5.74, 6) is 0. The van der Waals surface area contributed by atoms with Crippen LogP contribution in [0.5, 0.6) is 0 Å². The van der Waals surface area contributed by atoms with Crippen LogP contribution in [-0.4, -0.2) is 43.3 Å². The maximum absolute atomic E-state index is 9.30. The molecular weight excluding hydrogens is 280 g/mol. The number of halogens is 2. The summed E-state index contributed by atoms with van der Waals surface area (Å²) in [6.07, 6.45) is -1.85. The van der Waals surface area contributed by atoms with Gasteiger partial charge < -0.3 is 15.3 Å². The predicted molar refractivity (Wildman–Crippen MR) is 48.1 cm³/mol. The average molecular weight is 290 g/mol. The fourth-order valence-electron chi connectivity index (χ4n) is 1.13. The zero-order valence-electron chi connectivity index (χ0n) is 5.69. The zero-order chi connectivity index (χ0) is 8.59. The van der Waals surface area contributed by atoms with Crippen molar-refractivity contribution < 1.29 is 15.3 Å². The number of hydrogen-bond acceptors (Lipinski definition) is 3. The van der Waals surface area contributed by atoms with E-state index in [0.29, 0.717) is 6.42 Å². The molecule has 0 amide bonds. The van der Waals surface area contributed by atoms with Gasteiger partial charge in [0.15, 0.2) is 0 Å². The molecule has 1 saturated carbocycles. The molecule has 3 N–H and O–H groups in total. The summed E-state index contributed by atoms with van der Waals surface area (Å²) in [7, 11) is 0. The molecule has 0 radical (unpaired) electrons. The fourth-order valence-corrected chi connectivity index (χ4v) is 2.35. The second kappa shape index (κ2) is 3.70. The highest BCUT2D eigenvalue weighted by molar-refractivity contribution is 9.10. The fraction of sp³-hybridized carbons (Fsp3) is 1.00. The van der Waals surface area contributed by atoms with Gasteiger partial charge in [-0.1, -0.05) is 31.9 Å². The summed E-state index contributed by atoms with van der Waals surface area (Å²) in [5.41, 5.74) is 0. The van der Waals surface area contributed by atoms with Crippen LogP contribution in [0.15, 0.2) is 0 Å². The molecule has 0 aromatic rings. The quantitative estimate of drug-likeness (QED) is 0.550. The smallest absolute Gasteiger partial charge is 0.0959 e. The van der Waals surface area contributed by atoms with Crippen molar-refractivity contribution >= 4 is 31.9 Å². The summed E-state index contributed by atoms with van der Waals surface area (Å²) in [5, 5.41) is 27.9. The molecule has 3 nitrogen and oxygen atoms in total. The molecule has 0 spiro atoms. The van der Waals surface area contributed by atoms with Crippen molar-refractivity contribution in [1.82, 2.24) is 0 Å². The van der Waals surface area contributed by atoms with Crippen molar-refractivity contribution in [2.75, 3.05) is 0 Å². The molecule has 0 heterocycles. The lowest BCUT2D eigenvalue weighted by Gasteiger charge is -2.35. The van der Waals surface area contributed by atoms with Crippen LogP contribution in [0.4, 0.5) is 0 Å². The van der Waals surface area contributed by atoms with Crippen molar-refractivity contribution in [3.8, 4) is 0 Å². The first-order chi connectivity index (χ1) is 5.04. The van der Waals surface area contributed by atoms with Crippen LogP contribution in [0.1, 0.15) is 6.42 Å². The van der Waals surface area contributed by atoms with Gasteiger partial charge in [-0.2, -0.15) is 0 Å². The van der Waals surface area contributed by atoms with Crippen LogP contribution >= 0.6 is 31.9 Å². The number of hydrogen-bond donors (Lipinski definition) is 3. The van der Waals surface area contributed by atoms with Gasteiger partial charge in [-0.05, 0) is 6.42 Å². The molecule has 0 aromatic heterocycles. The molecule has 5 atom stereocenters. The summed E-state index contributed by atoms with van der Waals surface area (Å²) in [6, 6.07) is 0. The van der Waals surface area contributed by atoms with E-state index in [0.717, 1.165) is 0 Å². The Bertz CT molecular complexity index is 130. The van der Waals surface area contributed by atoms with E-state index < -0.39 is 23.1 Å². The molecule has 0 unspecified atom stereocenters. The van der Waals surface area contributed by atoms with Crippen LogP contribution in [0, 0.1) is 0 Å². The SMILES string of the molecule is O[C@H]1[C@H](O)[C@@H](Br)C[C@H](O)[C@H]1Br. The Morgan fingerprint density at radius 2 is 1.55 bits per heavy atom. The Morgan fingerprint density at radius 1 is 1.00 bits per heavy atom. The van der Waals surface area contributed by atoms with E-state index >= 15 is 0 Å².